The highest BCUT2D eigenvalue weighted by molar-refractivity contribution is 7.90. The van der Waals surface area contributed by atoms with Gasteiger partial charge in [0.25, 0.3) is 10.0 Å². The summed E-state index contributed by atoms with van der Waals surface area (Å²) < 4.78 is 61.5. The van der Waals surface area contributed by atoms with Crippen molar-refractivity contribution in [1.29, 1.82) is 0 Å². The van der Waals surface area contributed by atoms with Gasteiger partial charge >= 0.3 is 12.1 Å². The Morgan fingerprint density at radius 1 is 1.07 bits per heavy atom. The number of halogens is 3. The van der Waals surface area contributed by atoms with Gasteiger partial charge in [-0.25, -0.2) is 4.79 Å². The van der Waals surface area contributed by atoms with Crippen molar-refractivity contribution in [1.82, 2.24) is 0 Å². The predicted octanol–water partition coefficient (Wildman–Crippen LogP) is 5.59. The molecular formula is C27H30F3N3O6S. The Balaban J connectivity index is 0.000000559. The lowest BCUT2D eigenvalue weighted by atomic mass is 9.63. The second-order valence-electron chi connectivity index (χ2n) is 9.49. The normalized spacial score (nSPS) is 17.0. The Hall–Kier alpha value is -3.87. The number of ketones is 1. The summed E-state index contributed by atoms with van der Waals surface area (Å²) in [5.41, 5.74) is 6.74. The molecule has 5 N–H and O–H groups in total. The number of Topliss-reactive ketones (excluding diaryl/α,β-unsaturated/α-hetero) is 1. The summed E-state index contributed by atoms with van der Waals surface area (Å²) in [4.78, 5) is 23.0. The molecule has 2 aliphatic rings. The molecule has 1 heterocycles. The van der Waals surface area contributed by atoms with Gasteiger partial charge in [-0.15, -0.1) is 4.40 Å². The highest BCUT2D eigenvalue weighted by Crippen LogP contribution is 2.47. The molecule has 4 rings (SSSR count). The predicted molar refractivity (Wildman–Crippen MR) is 145 cm³/mol. The van der Waals surface area contributed by atoms with Crippen molar-refractivity contribution in [3.63, 3.8) is 0 Å². The van der Waals surface area contributed by atoms with Crippen LogP contribution in [0.25, 0.3) is 5.76 Å². The Morgan fingerprint density at radius 3 is 2.20 bits per heavy atom. The second-order valence-corrected chi connectivity index (χ2v) is 11.1. The number of carboxylic acid groups (broad SMARTS) is 1. The van der Waals surface area contributed by atoms with Gasteiger partial charge in [-0.1, -0.05) is 63.8 Å². The van der Waals surface area contributed by atoms with E-state index < -0.39 is 27.6 Å². The average molecular weight is 582 g/mol. The summed E-state index contributed by atoms with van der Waals surface area (Å²) >= 11 is 0. The molecule has 0 saturated heterocycles. The molecule has 0 fully saturated rings. The van der Waals surface area contributed by atoms with E-state index in [0.717, 1.165) is 31.2 Å². The van der Waals surface area contributed by atoms with Gasteiger partial charge in [0, 0.05) is 11.3 Å². The maximum absolute atomic E-state index is 14.2. The summed E-state index contributed by atoms with van der Waals surface area (Å²) in [5, 5.41) is 21.3. The number of fused-ring (bicyclic) bond motifs is 2. The van der Waals surface area contributed by atoms with Crippen LogP contribution in [0, 0.1) is 0 Å². The topological polar surface area (TPSA) is 159 Å². The van der Waals surface area contributed by atoms with E-state index in [1.54, 1.807) is 18.2 Å². The Bertz CT molecular complexity index is 1470. The summed E-state index contributed by atoms with van der Waals surface area (Å²) in [7, 11) is -4.11. The minimum absolute atomic E-state index is 0.0572. The summed E-state index contributed by atoms with van der Waals surface area (Å²) in [6.07, 6.45) is -0.365. The van der Waals surface area contributed by atoms with Crippen LogP contribution in [0.15, 0.2) is 57.3 Å². The number of aliphatic hydroxyl groups excluding tert-OH is 1. The van der Waals surface area contributed by atoms with E-state index >= 15 is 0 Å². The number of sulfonamides is 1. The lowest BCUT2D eigenvalue weighted by Crippen LogP contribution is -2.44. The molecular weight excluding hydrogens is 551 g/mol. The summed E-state index contributed by atoms with van der Waals surface area (Å²) in [5.74, 6) is -3.45. The van der Waals surface area contributed by atoms with Crippen molar-refractivity contribution in [3.05, 3.63) is 59.2 Å². The Labute approximate surface area is 229 Å². The molecule has 0 amide bonds. The molecule has 0 aromatic heterocycles. The molecule has 0 bridgehead atoms. The van der Waals surface area contributed by atoms with Gasteiger partial charge < -0.3 is 21.3 Å². The number of alkyl halides is 3. The number of aliphatic hydroxyl groups is 1. The fraction of sp³-hybridized carbons (Fsp3) is 0.370. The fourth-order valence-corrected chi connectivity index (χ4v) is 5.95. The molecule has 2 aromatic carbocycles. The van der Waals surface area contributed by atoms with E-state index in [1.807, 2.05) is 12.1 Å². The van der Waals surface area contributed by atoms with E-state index in [1.165, 1.54) is 12.1 Å². The van der Waals surface area contributed by atoms with Gasteiger partial charge in [0.2, 0.25) is 0 Å². The van der Waals surface area contributed by atoms with Crippen LogP contribution in [0.4, 0.5) is 24.5 Å². The van der Waals surface area contributed by atoms with Gasteiger partial charge in [0.15, 0.2) is 11.6 Å². The molecule has 216 valence electrons. The highest BCUT2D eigenvalue weighted by Gasteiger charge is 2.48. The van der Waals surface area contributed by atoms with Gasteiger partial charge in [-0.3, -0.25) is 4.79 Å². The first-order chi connectivity index (χ1) is 18.7. The van der Waals surface area contributed by atoms with Crippen LogP contribution in [0.3, 0.4) is 0 Å². The number of nitrogens with zero attached hydrogens (tertiary/aromatic N) is 1. The third-order valence-corrected chi connectivity index (χ3v) is 8.05. The number of nitrogen functional groups attached to an aromatic ring is 1. The van der Waals surface area contributed by atoms with E-state index in [-0.39, 0.29) is 33.5 Å². The van der Waals surface area contributed by atoms with Crippen LogP contribution in [-0.4, -0.2) is 42.4 Å². The number of amidine groups is 1. The first kappa shape index (κ1) is 30.7. The van der Waals surface area contributed by atoms with Crippen molar-refractivity contribution >= 4 is 44.7 Å². The molecule has 2 aromatic rings. The lowest BCUT2D eigenvalue weighted by Gasteiger charge is -2.39. The van der Waals surface area contributed by atoms with E-state index in [0.29, 0.717) is 24.1 Å². The molecule has 1 aliphatic heterocycles. The third-order valence-electron chi connectivity index (χ3n) is 6.74. The summed E-state index contributed by atoms with van der Waals surface area (Å²) in [6.45, 7) is 4.14. The number of carboxylic acids is 1. The maximum atomic E-state index is 14.2. The van der Waals surface area contributed by atoms with Crippen molar-refractivity contribution in [3.8, 4) is 0 Å². The van der Waals surface area contributed by atoms with Crippen LogP contribution in [0.5, 0.6) is 0 Å². The number of carbonyl (C=O) groups excluding carboxylic acids is 1. The first-order valence-electron chi connectivity index (χ1n) is 12.6. The largest absolute Gasteiger partial charge is 0.506 e. The number of hydrogen-bond donors (Lipinski definition) is 4. The van der Waals surface area contributed by atoms with Crippen LogP contribution in [0.2, 0.25) is 0 Å². The van der Waals surface area contributed by atoms with Crippen molar-refractivity contribution in [2.24, 2.45) is 4.40 Å². The Morgan fingerprint density at radius 2 is 1.65 bits per heavy atom. The number of unbranched alkanes of at least 4 members (excludes halogenated alkanes) is 2. The molecule has 0 saturated carbocycles. The minimum atomic E-state index is -5.08. The van der Waals surface area contributed by atoms with E-state index in [2.05, 4.69) is 23.6 Å². The molecule has 0 atom stereocenters. The van der Waals surface area contributed by atoms with E-state index in [9.17, 15) is 31.5 Å². The van der Waals surface area contributed by atoms with Crippen LogP contribution in [-0.2, 0) is 25.0 Å². The molecule has 0 radical (unpaired) electrons. The SMILES string of the molecule is CCCCC1(CCCC)C(=O)C(C2=NS(=O)(=O)c3cc(N)ccc3N2)=C(O)c2ccccc21.O=C(O)C(F)(F)F. The standard InChI is InChI=1S/C25H29N3O4S.C2HF3O2/c1-3-5-13-25(14-6-4-2)18-10-8-7-9-17(18)22(29)21(23(25)30)24-27-19-12-11-16(26)15-20(19)33(31,32)28-24;3-2(4,5)1(6)7/h7-12,15,29H,3-6,13-14,26H2,1-2H3,(H,27,28);(H,6,7). The number of nitrogens with two attached hydrogens (primary N) is 1. The van der Waals surface area contributed by atoms with Crippen LogP contribution >= 0.6 is 0 Å². The number of benzene rings is 2. The third kappa shape index (κ3) is 5.98. The number of nitrogens with one attached hydrogen (secondary N) is 1. The molecule has 0 unspecified atom stereocenters. The maximum Gasteiger partial charge on any atom is 0.490 e. The molecule has 9 nitrogen and oxygen atoms in total. The zero-order chi connectivity index (χ0) is 29.9. The van der Waals surface area contributed by atoms with Crippen molar-refractivity contribution in [2.75, 3.05) is 11.1 Å². The van der Waals surface area contributed by atoms with Gasteiger partial charge in [0.1, 0.15) is 16.2 Å². The number of anilines is 2. The zero-order valence-corrected chi connectivity index (χ0v) is 22.7. The first-order valence-corrected chi connectivity index (χ1v) is 14.0. The zero-order valence-electron chi connectivity index (χ0n) is 21.9. The molecule has 40 heavy (non-hydrogen) atoms. The minimum Gasteiger partial charge on any atom is -0.506 e. The van der Waals surface area contributed by atoms with Gasteiger partial charge in [-0.05, 0) is 36.6 Å². The number of carbonyl (C=O) groups is 2. The fourth-order valence-electron chi connectivity index (χ4n) is 4.79. The van der Waals surface area contributed by atoms with Crippen LogP contribution < -0.4 is 11.1 Å². The van der Waals surface area contributed by atoms with E-state index in [4.69, 9.17) is 15.6 Å². The Kier molecular flexibility index (Phi) is 8.97. The van der Waals surface area contributed by atoms with Crippen molar-refractivity contribution < 1.29 is 41.4 Å². The average Bonchev–Trinajstić information content (AvgIpc) is 2.88. The monoisotopic (exact) mass is 581 g/mol. The molecule has 13 heteroatoms. The quantitative estimate of drug-likeness (QED) is 0.308. The second kappa shape index (κ2) is 11.7. The smallest absolute Gasteiger partial charge is 0.490 e. The number of rotatable bonds is 7. The van der Waals surface area contributed by atoms with Crippen LogP contribution in [0.1, 0.15) is 63.5 Å². The van der Waals surface area contributed by atoms with Crippen molar-refractivity contribution in [2.45, 2.75) is 68.9 Å². The molecule has 1 aliphatic carbocycles. The number of hydrogen-bond acceptors (Lipinski definition) is 7. The lowest BCUT2D eigenvalue weighted by molar-refractivity contribution is -0.192. The highest BCUT2D eigenvalue weighted by atomic mass is 32.2. The summed E-state index contributed by atoms with van der Waals surface area (Å²) in [6, 6.07) is 11.8. The van der Waals surface area contributed by atoms with Gasteiger partial charge in [-0.2, -0.15) is 21.6 Å². The van der Waals surface area contributed by atoms with Gasteiger partial charge in [0.05, 0.1) is 11.1 Å². The number of aliphatic carboxylic acids is 1. The molecule has 0 spiro atoms.